The Morgan fingerprint density at radius 2 is 2.21 bits per heavy atom. The van der Waals surface area contributed by atoms with E-state index in [0.717, 1.165) is 43.0 Å². The van der Waals surface area contributed by atoms with E-state index in [4.69, 9.17) is 0 Å². The molecular formula is C23H33BrO4S. The van der Waals surface area contributed by atoms with Gasteiger partial charge in [-0.25, -0.2) is 0 Å². The maximum atomic E-state index is 11.1. The Morgan fingerprint density at radius 3 is 2.90 bits per heavy atom. The predicted octanol–water partition coefficient (Wildman–Crippen LogP) is 5.35. The van der Waals surface area contributed by atoms with Gasteiger partial charge >= 0.3 is 5.97 Å². The number of aliphatic hydroxyl groups is 2. The van der Waals surface area contributed by atoms with E-state index in [1.54, 1.807) is 11.3 Å². The fourth-order valence-electron chi connectivity index (χ4n) is 3.78. The molecule has 2 rings (SSSR count). The Morgan fingerprint density at radius 1 is 1.41 bits per heavy atom. The molecule has 1 fully saturated rings. The molecule has 1 aromatic rings. The second kappa shape index (κ2) is 12.7. The maximum Gasteiger partial charge on any atom is 0.305 e. The van der Waals surface area contributed by atoms with Crippen LogP contribution in [0.5, 0.6) is 0 Å². The van der Waals surface area contributed by atoms with Crippen LogP contribution in [0.1, 0.15) is 54.7 Å². The summed E-state index contributed by atoms with van der Waals surface area (Å²) in [5.74, 6) is 0.332. The third-order valence-electron chi connectivity index (χ3n) is 5.57. The average Bonchev–Trinajstić information content (AvgIpc) is 3.22. The molecule has 0 radical (unpaired) electrons. The number of esters is 1. The van der Waals surface area contributed by atoms with E-state index >= 15 is 0 Å². The molecule has 1 aromatic heterocycles. The third-order valence-corrected chi connectivity index (χ3v) is 7.77. The molecule has 1 heterocycles. The van der Waals surface area contributed by atoms with Gasteiger partial charge in [-0.15, -0.1) is 11.3 Å². The molecule has 0 spiro atoms. The van der Waals surface area contributed by atoms with Crippen molar-refractivity contribution < 1.29 is 19.7 Å². The highest BCUT2D eigenvalue weighted by molar-refractivity contribution is 9.10. The van der Waals surface area contributed by atoms with Crippen LogP contribution in [-0.2, 0) is 16.0 Å². The van der Waals surface area contributed by atoms with Crippen LogP contribution in [0, 0.1) is 18.8 Å². The molecule has 1 aliphatic carbocycles. The van der Waals surface area contributed by atoms with E-state index in [0.29, 0.717) is 18.8 Å². The van der Waals surface area contributed by atoms with Gasteiger partial charge in [-0.1, -0.05) is 24.3 Å². The van der Waals surface area contributed by atoms with Gasteiger partial charge in [0.2, 0.25) is 0 Å². The van der Waals surface area contributed by atoms with Crippen LogP contribution >= 0.6 is 27.3 Å². The Kier molecular flexibility index (Phi) is 10.6. The summed E-state index contributed by atoms with van der Waals surface area (Å²) in [6.45, 7) is 2.09. The van der Waals surface area contributed by atoms with Crippen LogP contribution < -0.4 is 0 Å². The number of carbonyl (C=O) groups is 1. The predicted molar refractivity (Wildman–Crippen MR) is 122 cm³/mol. The van der Waals surface area contributed by atoms with Crippen molar-refractivity contribution in [3.63, 3.8) is 0 Å². The van der Waals surface area contributed by atoms with E-state index in [1.165, 1.54) is 16.9 Å². The Balaban J connectivity index is 1.75. The molecule has 1 aliphatic rings. The number of allylic oxidation sites excluding steroid dienone is 3. The van der Waals surface area contributed by atoms with Gasteiger partial charge in [-0.05, 0) is 85.7 Å². The van der Waals surface area contributed by atoms with Crippen molar-refractivity contribution in [3.8, 4) is 0 Å². The van der Waals surface area contributed by atoms with Crippen molar-refractivity contribution in [2.45, 2.75) is 70.5 Å². The number of rotatable bonds is 11. The number of hydrogen-bond acceptors (Lipinski definition) is 5. The minimum Gasteiger partial charge on any atom is -0.469 e. The van der Waals surface area contributed by atoms with Crippen molar-refractivity contribution in [3.05, 3.63) is 44.6 Å². The quantitative estimate of drug-likeness (QED) is 0.252. The first-order valence-corrected chi connectivity index (χ1v) is 12.0. The SMILES string of the molecule is COC(=O)CCCC=CC[C@H]1C(O)CC[C@@H]1C=CC(O)CCc1cc(Br)c(C)s1. The molecule has 6 heteroatoms. The smallest absolute Gasteiger partial charge is 0.305 e. The third kappa shape index (κ3) is 8.36. The normalized spacial score (nSPS) is 23.3. The number of thiophene rings is 1. The first-order chi connectivity index (χ1) is 13.9. The second-order valence-corrected chi connectivity index (χ2v) is 9.95. The molecule has 0 bridgehead atoms. The van der Waals surface area contributed by atoms with E-state index in [9.17, 15) is 15.0 Å². The summed E-state index contributed by atoms with van der Waals surface area (Å²) in [7, 11) is 1.41. The Hall–Kier alpha value is -0.950. The largest absolute Gasteiger partial charge is 0.469 e. The first-order valence-electron chi connectivity index (χ1n) is 10.4. The zero-order chi connectivity index (χ0) is 21.2. The second-order valence-electron chi connectivity index (χ2n) is 7.76. The van der Waals surface area contributed by atoms with Gasteiger partial charge in [0.15, 0.2) is 0 Å². The number of ether oxygens (including phenoxy) is 1. The zero-order valence-corrected chi connectivity index (χ0v) is 19.8. The Bertz CT molecular complexity index is 678. The molecule has 0 aliphatic heterocycles. The monoisotopic (exact) mass is 484 g/mol. The summed E-state index contributed by atoms with van der Waals surface area (Å²) in [5, 5.41) is 20.6. The topological polar surface area (TPSA) is 66.8 Å². The van der Waals surface area contributed by atoms with Crippen molar-refractivity contribution in [2.24, 2.45) is 11.8 Å². The highest BCUT2D eigenvalue weighted by Gasteiger charge is 2.32. The van der Waals surface area contributed by atoms with Crippen molar-refractivity contribution in [1.82, 2.24) is 0 Å². The van der Waals surface area contributed by atoms with Crippen LogP contribution in [0.15, 0.2) is 34.8 Å². The molecule has 4 atom stereocenters. The summed E-state index contributed by atoms with van der Waals surface area (Å²) in [6.07, 6.45) is 13.7. The summed E-state index contributed by atoms with van der Waals surface area (Å²) in [5.41, 5.74) is 0. The highest BCUT2D eigenvalue weighted by atomic mass is 79.9. The number of methoxy groups -OCH3 is 1. The fraction of sp³-hybridized carbons (Fsp3) is 0.609. The molecule has 29 heavy (non-hydrogen) atoms. The van der Waals surface area contributed by atoms with Crippen LogP contribution in [-0.4, -0.2) is 35.5 Å². The standard InChI is InChI=1S/C23H33BrO4S/c1-16-21(24)15-19(29-16)13-12-18(25)11-9-17-10-14-22(26)20(17)7-5-3-4-6-8-23(27)28-2/h3,5,9,11,15,17-18,20,22,25-26H,4,6-8,10,12-14H2,1-2H3/t17-,18?,20+,22?/m0/s1. The summed E-state index contributed by atoms with van der Waals surface area (Å²) in [6, 6.07) is 2.14. The summed E-state index contributed by atoms with van der Waals surface area (Å²) < 4.78 is 5.78. The molecule has 0 aromatic carbocycles. The number of aliphatic hydroxyl groups excluding tert-OH is 2. The maximum absolute atomic E-state index is 11.1. The molecule has 2 N–H and O–H groups in total. The van der Waals surface area contributed by atoms with Gasteiger partial charge < -0.3 is 14.9 Å². The molecule has 4 nitrogen and oxygen atoms in total. The summed E-state index contributed by atoms with van der Waals surface area (Å²) >= 11 is 5.31. The Labute approximate surface area is 186 Å². The van der Waals surface area contributed by atoms with Gasteiger partial charge in [0, 0.05) is 20.6 Å². The molecule has 162 valence electrons. The number of unbranched alkanes of at least 4 members (excludes halogenated alkanes) is 1. The lowest BCUT2D eigenvalue weighted by molar-refractivity contribution is -0.140. The number of aryl methyl sites for hydroxylation is 2. The van der Waals surface area contributed by atoms with Gasteiger partial charge in [-0.3, -0.25) is 4.79 Å². The minimum absolute atomic E-state index is 0.171. The summed E-state index contributed by atoms with van der Waals surface area (Å²) in [4.78, 5) is 13.7. The van der Waals surface area contributed by atoms with Crippen LogP contribution in [0.2, 0.25) is 0 Å². The van der Waals surface area contributed by atoms with E-state index in [1.807, 2.05) is 6.08 Å². The van der Waals surface area contributed by atoms with E-state index in [-0.39, 0.29) is 18.0 Å². The van der Waals surface area contributed by atoms with Crippen molar-refractivity contribution >= 4 is 33.2 Å². The lowest BCUT2D eigenvalue weighted by Crippen LogP contribution is -2.17. The van der Waals surface area contributed by atoms with Gasteiger partial charge in [-0.2, -0.15) is 0 Å². The van der Waals surface area contributed by atoms with Crippen LogP contribution in [0.3, 0.4) is 0 Å². The molecule has 1 saturated carbocycles. The number of halogens is 1. The number of hydrogen-bond donors (Lipinski definition) is 2. The molecule has 0 saturated heterocycles. The van der Waals surface area contributed by atoms with E-state index in [2.05, 4.69) is 51.9 Å². The van der Waals surface area contributed by atoms with Gasteiger partial charge in [0.05, 0.1) is 19.3 Å². The number of carbonyl (C=O) groups excluding carboxylic acids is 1. The fourth-order valence-corrected chi connectivity index (χ4v) is 5.40. The van der Waals surface area contributed by atoms with Crippen LogP contribution in [0.25, 0.3) is 0 Å². The average molecular weight is 485 g/mol. The lowest BCUT2D eigenvalue weighted by atomic mass is 9.90. The molecule has 2 unspecified atom stereocenters. The van der Waals surface area contributed by atoms with Gasteiger partial charge in [0.1, 0.15) is 0 Å². The van der Waals surface area contributed by atoms with Gasteiger partial charge in [0.25, 0.3) is 0 Å². The first kappa shape index (κ1) is 24.3. The molecule has 0 amide bonds. The van der Waals surface area contributed by atoms with Crippen molar-refractivity contribution in [2.75, 3.05) is 7.11 Å². The zero-order valence-electron chi connectivity index (χ0n) is 17.4. The minimum atomic E-state index is -0.455. The van der Waals surface area contributed by atoms with Crippen molar-refractivity contribution in [1.29, 1.82) is 0 Å². The lowest BCUT2D eigenvalue weighted by Gasteiger charge is -2.18. The molecular weight excluding hydrogens is 452 g/mol. The van der Waals surface area contributed by atoms with E-state index < -0.39 is 6.10 Å². The van der Waals surface area contributed by atoms with Crippen LogP contribution in [0.4, 0.5) is 0 Å². The highest BCUT2D eigenvalue weighted by Crippen LogP contribution is 2.36.